The van der Waals surface area contributed by atoms with Crippen molar-refractivity contribution in [3.05, 3.63) is 45.9 Å². The molecule has 0 aliphatic carbocycles. The van der Waals surface area contributed by atoms with Gasteiger partial charge in [0.05, 0.1) is 11.6 Å². The molecule has 106 valence electrons. The minimum absolute atomic E-state index is 0.346. The molecular formula is C15H18N2OS2. The van der Waals surface area contributed by atoms with Crippen LogP contribution < -0.4 is 10.5 Å². The largest absolute Gasteiger partial charge is 0.493 e. The fraction of sp³-hybridized carbons (Fsp3) is 0.333. The SMILES string of the molecule is CC(C)c1ccccc1OCCc1nc(C(N)=S)cs1. The van der Waals surface area contributed by atoms with E-state index in [4.69, 9.17) is 22.7 Å². The van der Waals surface area contributed by atoms with Crippen LogP contribution in [-0.2, 0) is 6.42 Å². The Hall–Kier alpha value is -1.46. The van der Waals surface area contributed by atoms with Gasteiger partial charge in [0, 0.05) is 11.8 Å². The van der Waals surface area contributed by atoms with E-state index in [1.54, 1.807) is 11.3 Å². The van der Waals surface area contributed by atoms with E-state index in [1.165, 1.54) is 5.56 Å². The highest BCUT2D eigenvalue weighted by atomic mass is 32.1. The Kier molecular flexibility index (Phi) is 5.09. The maximum absolute atomic E-state index is 5.87. The molecule has 0 radical (unpaired) electrons. The van der Waals surface area contributed by atoms with Crippen LogP contribution in [0.1, 0.15) is 36.0 Å². The molecule has 0 saturated heterocycles. The van der Waals surface area contributed by atoms with Crippen molar-refractivity contribution in [3.63, 3.8) is 0 Å². The van der Waals surface area contributed by atoms with E-state index in [1.807, 2.05) is 23.6 Å². The third-order valence-electron chi connectivity index (χ3n) is 2.92. The first kappa shape index (κ1) is 14.9. The number of hydrogen-bond donors (Lipinski definition) is 1. The lowest BCUT2D eigenvalue weighted by atomic mass is 10.0. The van der Waals surface area contributed by atoms with Crippen LogP contribution in [0, 0.1) is 0 Å². The molecule has 3 nitrogen and oxygen atoms in total. The highest BCUT2D eigenvalue weighted by Crippen LogP contribution is 2.26. The van der Waals surface area contributed by atoms with Gasteiger partial charge in [-0.2, -0.15) is 0 Å². The van der Waals surface area contributed by atoms with Gasteiger partial charge in [-0.25, -0.2) is 4.98 Å². The van der Waals surface area contributed by atoms with E-state index >= 15 is 0 Å². The molecule has 0 fully saturated rings. The molecule has 1 aromatic heterocycles. The van der Waals surface area contributed by atoms with Gasteiger partial charge in [-0.05, 0) is 17.5 Å². The molecule has 20 heavy (non-hydrogen) atoms. The van der Waals surface area contributed by atoms with Gasteiger partial charge < -0.3 is 10.5 Å². The van der Waals surface area contributed by atoms with Crippen LogP contribution in [0.2, 0.25) is 0 Å². The smallest absolute Gasteiger partial charge is 0.123 e. The van der Waals surface area contributed by atoms with E-state index in [9.17, 15) is 0 Å². The van der Waals surface area contributed by atoms with Crippen LogP contribution in [0.15, 0.2) is 29.6 Å². The summed E-state index contributed by atoms with van der Waals surface area (Å²) < 4.78 is 5.87. The number of para-hydroxylation sites is 1. The number of nitrogens with zero attached hydrogens (tertiary/aromatic N) is 1. The second-order valence-corrected chi connectivity index (χ2v) is 6.16. The van der Waals surface area contributed by atoms with Crippen LogP contribution in [0.5, 0.6) is 5.75 Å². The molecule has 0 aliphatic heterocycles. The van der Waals surface area contributed by atoms with Crippen molar-refractivity contribution in [3.8, 4) is 5.75 Å². The molecule has 2 aromatic rings. The molecule has 5 heteroatoms. The molecule has 0 atom stereocenters. The highest BCUT2D eigenvalue weighted by molar-refractivity contribution is 7.80. The van der Waals surface area contributed by atoms with Crippen molar-refractivity contribution < 1.29 is 4.74 Å². The quantitative estimate of drug-likeness (QED) is 0.830. The highest BCUT2D eigenvalue weighted by Gasteiger charge is 2.08. The minimum atomic E-state index is 0.346. The lowest BCUT2D eigenvalue weighted by Gasteiger charge is -2.13. The maximum Gasteiger partial charge on any atom is 0.123 e. The van der Waals surface area contributed by atoms with Crippen molar-refractivity contribution in [1.82, 2.24) is 4.98 Å². The summed E-state index contributed by atoms with van der Waals surface area (Å²) in [6, 6.07) is 8.15. The molecule has 0 spiro atoms. The van der Waals surface area contributed by atoms with Crippen molar-refractivity contribution in [2.24, 2.45) is 5.73 Å². The van der Waals surface area contributed by atoms with Crippen molar-refractivity contribution in [2.75, 3.05) is 6.61 Å². The van der Waals surface area contributed by atoms with E-state index in [2.05, 4.69) is 24.9 Å². The second kappa shape index (κ2) is 6.81. The number of benzene rings is 1. The third-order valence-corrected chi connectivity index (χ3v) is 4.04. The predicted molar refractivity (Wildman–Crippen MR) is 87.7 cm³/mol. The van der Waals surface area contributed by atoms with Crippen molar-refractivity contribution >= 4 is 28.5 Å². The number of aromatic nitrogens is 1. The van der Waals surface area contributed by atoms with Gasteiger partial charge in [-0.1, -0.05) is 44.3 Å². The lowest BCUT2D eigenvalue weighted by molar-refractivity contribution is 0.317. The molecule has 0 bridgehead atoms. The number of hydrogen-bond acceptors (Lipinski definition) is 4. The minimum Gasteiger partial charge on any atom is -0.493 e. The summed E-state index contributed by atoms with van der Waals surface area (Å²) in [6.45, 7) is 4.93. The molecule has 0 unspecified atom stereocenters. The Morgan fingerprint density at radius 3 is 2.80 bits per heavy atom. The van der Waals surface area contributed by atoms with Gasteiger partial charge in [-0.3, -0.25) is 0 Å². The summed E-state index contributed by atoms with van der Waals surface area (Å²) in [5.74, 6) is 1.40. The number of thiocarbonyl (C=S) groups is 1. The first-order chi connectivity index (χ1) is 9.58. The average molecular weight is 306 g/mol. The Bertz CT molecular complexity index is 593. The van der Waals surface area contributed by atoms with Gasteiger partial charge in [0.2, 0.25) is 0 Å². The fourth-order valence-corrected chi connectivity index (χ4v) is 2.83. The normalized spacial score (nSPS) is 10.8. The van der Waals surface area contributed by atoms with Gasteiger partial charge in [0.25, 0.3) is 0 Å². The summed E-state index contributed by atoms with van der Waals surface area (Å²) in [7, 11) is 0. The zero-order chi connectivity index (χ0) is 14.5. The van der Waals surface area contributed by atoms with Gasteiger partial charge >= 0.3 is 0 Å². The van der Waals surface area contributed by atoms with E-state index in [-0.39, 0.29) is 0 Å². The number of ether oxygens (including phenoxy) is 1. The first-order valence-electron chi connectivity index (χ1n) is 6.54. The Morgan fingerprint density at radius 1 is 1.40 bits per heavy atom. The Balaban J connectivity index is 1.94. The molecule has 0 aliphatic rings. The number of thiazole rings is 1. The zero-order valence-corrected chi connectivity index (χ0v) is 13.3. The topological polar surface area (TPSA) is 48.1 Å². The molecule has 1 aromatic carbocycles. The maximum atomic E-state index is 5.87. The summed E-state index contributed by atoms with van der Waals surface area (Å²) in [4.78, 5) is 4.72. The Labute approximate surface area is 128 Å². The van der Waals surface area contributed by atoms with Crippen molar-refractivity contribution in [2.45, 2.75) is 26.2 Å². The monoisotopic (exact) mass is 306 g/mol. The summed E-state index contributed by atoms with van der Waals surface area (Å²) in [5, 5.41) is 2.88. The Morgan fingerprint density at radius 2 is 2.15 bits per heavy atom. The van der Waals surface area contributed by atoms with Crippen LogP contribution in [0.4, 0.5) is 0 Å². The predicted octanol–water partition coefficient (Wildman–Crippen LogP) is 3.52. The second-order valence-electron chi connectivity index (χ2n) is 4.78. The molecule has 2 rings (SSSR count). The lowest BCUT2D eigenvalue weighted by Crippen LogP contribution is -2.10. The molecular weight excluding hydrogens is 288 g/mol. The number of nitrogens with two attached hydrogens (primary N) is 1. The van der Waals surface area contributed by atoms with E-state index in [0.717, 1.165) is 17.2 Å². The van der Waals surface area contributed by atoms with Crippen LogP contribution in [-0.4, -0.2) is 16.6 Å². The first-order valence-corrected chi connectivity index (χ1v) is 7.82. The fourth-order valence-electron chi connectivity index (χ4n) is 1.88. The van der Waals surface area contributed by atoms with E-state index < -0.39 is 0 Å². The van der Waals surface area contributed by atoms with Gasteiger partial charge in [0.1, 0.15) is 16.4 Å². The molecule has 0 saturated carbocycles. The third kappa shape index (κ3) is 3.77. The van der Waals surface area contributed by atoms with Gasteiger partial charge in [-0.15, -0.1) is 11.3 Å². The van der Waals surface area contributed by atoms with E-state index in [0.29, 0.717) is 23.2 Å². The summed E-state index contributed by atoms with van der Waals surface area (Å²) >= 11 is 6.47. The van der Waals surface area contributed by atoms with Crippen LogP contribution >= 0.6 is 23.6 Å². The zero-order valence-electron chi connectivity index (χ0n) is 11.6. The molecule has 1 heterocycles. The van der Waals surface area contributed by atoms with Crippen molar-refractivity contribution in [1.29, 1.82) is 0 Å². The average Bonchev–Trinajstić information content (AvgIpc) is 2.88. The van der Waals surface area contributed by atoms with Crippen LogP contribution in [0.3, 0.4) is 0 Å². The number of rotatable bonds is 6. The van der Waals surface area contributed by atoms with Crippen LogP contribution in [0.25, 0.3) is 0 Å². The molecule has 0 amide bonds. The van der Waals surface area contributed by atoms with Gasteiger partial charge in [0.15, 0.2) is 0 Å². The summed E-state index contributed by atoms with van der Waals surface area (Å²) in [6.07, 6.45) is 0.764. The molecule has 2 N–H and O–H groups in total. The summed E-state index contributed by atoms with van der Waals surface area (Å²) in [5.41, 5.74) is 7.47. The standard InChI is InChI=1S/C15H18N2OS2/c1-10(2)11-5-3-4-6-13(11)18-8-7-14-17-12(9-20-14)15(16)19/h3-6,9-10H,7-8H2,1-2H3,(H2,16,19).